The lowest BCUT2D eigenvalue weighted by molar-refractivity contribution is 0.0623. The van der Waals surface area contributed by atoms with Crippen molar-refractivity contribution in [2.75, 3.05) is 19.3 Å². The minimum absolute atomic E-state index is 0.0751. The predicted molar refractivity (Wildman–Crippen MR) is 78.4 cm³/mol. The maximum absolute atomic E-state index is 12.5. The molecule has 5 heteroatoms. The summed E-state index contributed by atoms with van der Waals surface area (Å²) in [5.74, 6) is 0.899. The van der Waals surface area contributed by atoms with E-state index in [1.54, 1.807) is 12.1 Å². The highest BCUT2D eigenvalue weighted by molar-refractivity contribution is 7.90. The summed E-state index contributed by atoms with van der Waals surface area (Å²) in [6.07, 6.45) is 2.29. The maximum Gasteiger partial charge on any atom is 0.253 e. The SMILES string of the molecule is C[C@H]1C[C@H](C)CN(C(=O)c2cccc(S(C)(=O)=O)c2)C1. The first-order valence-electron chi connectivity index (χ1n) is 6.86. The molecule has 0 bridgehead atoms. The predicted octanol–water partition coefficient (Wildman–Crippen LogP) is 2.21. The molecule has 1 saturated heterocycles. The molecule has 1 aromatic carbocycles. The Morgan fingerprint density at radius 1 is 1.20 bits per heavy atom. The fourth-order valence-corrected chi connectivity index (χ4v) is 3.54. The van der Waals surface area contributed by atoms with E-state index in [1.165, 1.54) is 12.1 Å². The van der Waals surface area contributed by atoms with Crippen molar-refractivity contribution in [1.29, 1.82) is 0 Å². The van der Waals surface area contributed by atoms with E-state index in [0.29, 0.717) is 17.4 Å². The Morgan fingerprint density at radius 3 is 2.35 bits per heavy atom. The summed E-state index contributed by atoms with van der Waals surface area (Å²) in [7, 11) is -3.28. The highest BCUT2D eigenvalue weighted by atomic mass is 32.2. The van der Waals surface area contributed by atoms with Gasteiger partial charge in [0.25, 0.3) is 5.91 Å². The van der Waals surface area contributed by atoms with Gasteiger partial charge in [0.15, 0.2) is 9.84 Å². The summed E-state index contributed by atoms with van der Waals surface area (Å²) in [4.78, 5) is 14.5. The van der Waals surface area contributed by atoms with Crippen molar-refractivity contribution in [2.24, 2.45) is 11.8 Å². The Morgan fingerprint density at radius 2 is 1.80 bits per heavy atom. The number of likely N-dealkylation sites (tertiary alicyclic amines) is 1. The molecule has 0 saturated carbocycles. The van der Waals surface area contributed by atoms with Gasteiger partial charge < -0.3 is 4.90 Å². The first-order valence-corrected chi connectivity index (χ1v) is 8.76. The molecule has 1 heterocycles. The smallest absolute Gasteiger partial charge is 0.253 e. The Hall–Kier alpha value is -1.36. The van der Waals surface area contributed by atoms with Gasteiger partial charge in [0.2, 0.25) is 0 Å². The molecule has 1 amide bonds. The number of nitrogens with zero attached hydrogens (tertiary/aromatic N) is 1. The summed E-state index contributed by atoms with van der Waals surface area (Å²) in [5.41, 5.74) is 0.453. The minimum Gasteiger partial charge on any atom is -0.338 e. The van der Waals surface area contributed by atoms with Gasteiger partial charge in [0.1, 0.15) is 0 Å². The molecule has 0 N–H and O–H groups in total. The van der Waals surface area contributed by atoms with Crippen LogP contribution in [-0.2, 0) is 9.84 Å². The summed E-state index contributed by atoms with van der Waals surface area (Å²) >= 11 is 0. The molecule has 20 heavy (non-hydrogen) atoms. The summed E-state index contributed by atoms with van der Waals surface area (Å²) in [6, 6.07) is 6.30. The van der Waals surface area contributed by atoms with Crippen LogP contribution in [0.3, 0.4) is 0 Å². The van der Waals surface area contributed by atoms with E-state index in [1.807, 2.05) is 4.90 Å². The van der Waals surface area contributed by atoms with Crippen LogP contribution in [0.15, 0.2) is 29.2 Å². The molecule has 1 aliphatic rings. The molecule has 0 radical (unpaired) electrons. The Labute approximate surface area is 120 Å². The number of sulfone groups is 1. The van der Waals surface area contributed by atoms with Gasteiger partial charge in [0.05, 0.1) is 4.90 Å². The molecule has 0 aromatic heterocycles. The van der Waals surface area contributed by atoms with Crippen LogP contribution < -0.4 is 0 Å². The number of benzene rings is 1. The molecule has 1 fully saturated rings. The van der Waals surface area contributed by atoms with Crippen molar-refractivity contribution in [2.45, 2.75) is 25.2 Å². The summed E-state index contributed by atoms with van der Waals surface area (Å²) in [5, 5.41) is 0. The third-order valence-electron chi connectivity index (χ3n) is 3.67. The van der Waals surface area contributed by atoms with Crippen molar-refractivity contribution in [1.82, 2.24) is 4.90 Å². The van der Waals surface area contributed by atoms with Gasteiger partial charge >= 0.3 is 0 Å². The normalized spacial score (nSPS) is 23.6. The van der Waals surface area contributed by atoms with Crippen LogP contribution in [0.25, 0.3) is 0 Å². The number of carbonyl (C=O) groups excluding carboxylic acids is 1. The van der Waals surface area contributed by atoms with Crippen molar-refractivity contribution >= 4 is 15.7 Å². The largest absolute Gasteiger partial charge is 0.338 e. The van der Waals surface area contributed by atoms with Crippen molar-refractivity contribution < 1.29 is 13.2 Å². The molecular weight excluding hydrogens is 274 g/mol. The molecule has 4 nitrogen and oxygen atoms in total. The van der Waals surface area contributed by atoms with Crippen molar-refractivity contribution in [3.8, 4) is 0 Å². The average Bonchev–Trinajstić information content (AvgIpc) is 2.36. The molecule has 1 aromatic rings. The lowest BCUT2D eigenvalue weighted by Crippen LogP contribution is -2.42. The maximum atomic E-state index is 12.5. The van der Waals surface area contributed by atoms with Gasteiger partial charge in [-0.05, 0) is 36.5 Å². The molecule has 2 rings (SSSR count). The van der Waals surface area contributed by atoms with Crippen molar-refractivity contribution in [3.63, 3.8) is 0 Å². The van der Waals surface area contributed by atoms with Gasteiger partial charge in [-0.3, -0.25) is 4.79 Å². The number of hydrogen-bond acceptors (Lipinski definition) is 3. The number of hydrogen-bond donors (Lipinski definition) is 0. The quantitative estimate of drug-likeness (QED) is 0.840. The van der Waals surface area contributed by atoms with E-state index in [9.17, 15) is 13.2 Å². The van der Waals surface area contributed by atoms with E-state index in [4.69, 9.17) is 0 Å². The molecule has 0 aliphatic carbocycles. The zero-order valence-corrected chi connectivity index (χ0v) is 13.0. The monoisotopic (exact) mass is 295 g/mol. The molecule has 110 valence electrons. The van der Waals surface area contributed by atoms with Crippen LogP contribution in [0.2, 0.25) is 0 Å². The van der Waals surface area contributed by atoms with Gasteiger partial charge in [-0.1, -0.05) is 19.9 Å². The summed E-state index contributed by atoms with van der Waals surface area (Å²) < 4.78 is 23.1. The molecule has 0 unspecified atom stereocenters. The zero-order valence-electron chi connectivity index (χ0n) is 12.2. The van der Waals surface area contributed by atoms with E-state index >= 15 is 0 Å². The van der Waals surface area contributed by atoms with Crippen LogP contribution in [0.5, 0.6) is 0 Å². The van der Waals surface area contributed by atoms with E-state index in [0.717, 1.165) is 25.8 Å². The Balaban J connectivity index is 2.25. The van der Waals surface area contributed by atoms with Gasteiger partial charge in [-0.25, -0.2) is 8.42 Å². The molecule has 0 spiro atoms. The fourth-order valence-electron chi connectivity index (χ4n) is 2.87. The third kappa shape index (κ3) is 3.39. The van der Waals surface area contributed by atoms with Crippen LogP contribution in [0, 0.1) is 11.8 Å². The van der Waals surface area contributed by atoms with Crippen LogP contribution in [-0.4, -0.2) is 38.6 Å². The highest BCUT2D eigenvalue weighted by Crippen LogP contribution is 2.23. The first-order chi connectivity index (χ1) is 9.27. The van der Waals surface area contributed by atoms with Crippen LogP contribution >= 0.6 is 0 Å². The fraction of sp³-hybridized carbons (Fsp3) is 0.533. The number of rotatable bonds is 2. The number of piperidine rings is 1. The van der Waals surface area contributed by atoms with Crippen LogP contribution in [0.4, 0.5) is 0 Å². The van der Waals surface area contributed by atoms with Gasteiger partial charge in [-0.15, -0.1) is 0 Å². The first kappa shape index (κ1) is 15.0. The van der Waals surface area contributed by atoms with Gasteiger partial charge in [-0.2, -0.15) is 0 Å². The number of amides is 1. The lowest BCUT2D eigenvalue weighted by Gasteiger charge is -2.35. The molecule has 2 atom stereocenters. The van der Waals surface area contributed by atoms with E-state index in [2.05, 4.69) is 13.8 Å². The highest BCUT2D eigenvalue weighted by Gasteiger charge is 2.26. The van der Waals surface area contributed by atoms with E-state index in [-0.39, 0.29) is 10.8 Å². The minimum atomic E-state index is -3.28. The second kappa shape index (κ2) is 5.56. The molecule has 1 aliphatic heterocycles. The second-order valence-electron chi connectivity index (χ2n) is 5.96. The average molecular weight is 295 g/mol. The van der Waals surface area contributed by atoms with Crippen LogP contribution in [0.1, 0.15) is 30.6 Å². The van der Waals surface area contributed by atoms with Gasteiger partial charge in [0, 0.05) is 24.9 Å². The Kier molecular flexibility index (Phi) is 4.18. The van der Waals surface area contributed by atoms with E-state index < -0.39 is 9.84 Å². The lowest BCUT2D eigenvalue weighted by atomic mass is 9.91. The number of carbonyl (C=O) groups is 1. The topological polar surface area (TPSA) is 54.5 Å². The third-order valence-corrected chi connectivity index (χ3v) is 4.78. The standard InChI is InChI=1S/C15H21NO3S/c1-11-7-12(2)10-16(9-11)15(17)13-5-4-6-14(8-13)20(3,18)19/h4-6,8,11-12H,7,9-10H2,1-3H3/t11-,12-/m0/s1. The Bertz CT molecular complexity index is 599. The zero-order chi connectivity index (χ0) is 14.9. The summed E-state index contributed by atoms with van der Waals surface area (Å²) in [6.45, 7) is 5.77. The molecular formula is C15H21NO3S. The van der Waals surface area contributed by atoms with Crippen molar-refractivity contribution in [3.05, 3.63) is 29.8 Å². The second-order valence-corrected chi connectivity index (χ2v) is 7.97.